The monoisotopic (exact) mass is 339 g/mol. The van der Waals surface area contributed by atoms with E-state index in [1.807, 2.05) is 52.9 Å². The summed E-state index contributed by atoms with van der Waals surface area (Å²) < 4.78 is 0.685. The van der Waals surface area contributed by atoms with Crippen molar-refractivity contribution in [2.75, 3.05) is 5.73 Å². The van der Waals surface area contributed by atoms with Crippen LogP contribution in [0.5, 0.6) is 0 Å². The number of amides is 1. The van der Waals surface area contributed by atoms with E-state index in [4.69, 9.17) is 11.5 Å². The van der Waals surface area contributed by atoms with Gasteiger partial charge in [-0.2, -0.15) is 0 Å². The van der Waals surface area contributed by atoms with E-state index in [0.717, 1.165) is 5.56 Å². The number of carbonyl (C=O) groups excluding carboxylic acids is 1. The van der Waals surface area contributed by atoms with Crippen molar-refractivity contribution in [2.45, 2.75) is 0 Å². The summed E-state index contributed by atoms with van der Waals surface area (Å²) in [6, 6.07) is 11.0. The minimum Gasteiger partial charge on any atom is -0.396 e. The molecule has 86 valence electrons. The van der Waals surface area contributed by atoms with Crippen LogP contribution in [0.1, 0.15) is 10.4 Å². The topological polar surface area (TPSA) is 82.0 Å². The average Bonchev–Trinajstić information content (AvgIpc) is 2.32. The number of hydrogen-bond donors (Lipinski definition) is 2. The lowest BCUT2D eigenvalue weighted by atomic mass is 10.1. The van der Waals surface area contributed by atoms with Crippen LogP contribution in [0.15, 0.2) is 36.4 Å². The van der Waals surface area contributed by atoms with Crippen molar-refractivity contribution in [2.24, 2.45) is 5.73 Å². The Morgan fingerprint density at radius 1 is 1.24 bits per heavy atom. The summed E-state index contributed by atoms with van der Waals surface area (Å²) in [5, 5.41) is 0. The molecule has 0 spiro atoms. The quantitative estimate of drug-likeness (QED) is 0.649. The fourth-order valence-electron chi connectivity index (χ4n) is 1.54. The molecule has 2 aromatic rings. The second-order valence-corrected chi connectivity index (χ2v) is 4.59. The molecule has 0 aliphatic heterocycles. The van der Waals surface area contributed by atoms with Crippen molar-refractivity contribution in [1.29, 1.82) is 0 Å². The summed E-state index contributed by atoms with van der Waals surface area (Å²) in [5.41, 5.74) is 13.3. The molecule has 1 aromatic heterocycles. The van der Waals surface area contributed by atoms with E-state index in [1.165, 1.54) is 0 Å². The van der Waals surface area contributed by atoms with Crippen LogP contribution >= 0.6 is 22.6 Å². The first-order chi connectivity index (χ1) is 8.09. The third-order valence-corrected chi connectivity index (χ3v) is 2.89. The van der Waals surface area contributed by atoms with Crippen molar-refractivity contribution in [1.82, 2.24) is 4.98 Å². The molecule has 2 rings (SSSR count). The maximum Gasteiger partial charge on any atom is 0.250 e. The molecule has 0 saturated heterocycles. The van der Waals surface area contributed by atoms with Gasteiger partial charge in [0, 0.05) is 5.56 Å². The molecule has 1 heterocycles. The number of hydrogen-bond acceptors (Lipinski definition) is 3. The van der Waals surface area contributed by atoms with E-state index >= 15 is 0 Å². The predicted molar refractivity (Wildman–Crippen MR) is 75.3 cm³/mol. The van der Waals surface area contributed by atoms with Gasteiger partial charge in [-0.3, -0.25) is 4.79 Å². The number of halogens is 1. The molecule has 4 nitrogen and oxygen atoms in total. The van der Waals surface area contributed by atoms with Gasteiger partial charge in [-0.1, -0.05) is 30.3 Å². The third kappa shape index (κ3) is 2.38. The van der Waals surface area contributed by atoms with Gasteiger partial charge < -0.3 is 11.5 Å². The van der Waals surface area contributed by atoms with Crippen molar-refractivity contribution in [3.05, 3.63) is 45.7 Å². The summed E-state index contributed by atoms with van der Waals surface area (Å²) in [4.78, 5) is 15.6. The molecule has 4 N–H and O–H groups in total. The van der Waals surface area contributed by atoms with E-state index in [9.17, 15) is 4.79 Å². The van der Waals surface area contributed by atoms with Crippen molar-refractivity contribution >= 4 is 34.2 Å². The average molecular weight is 339 g/mol. The lowest BCUT2D eigenvalue weighted by molar-refractivity contribution is 0.100. The van der Waals surface area contributed by atoms with Crippen LogP contribution in [0.4, 0.5) is 5.69 Å². The molecule has 17 heavy (non-hydrogen) atoms. The minimum absolute atomic E-state index is 0.309. The number of nitrogens with zero attached hydrogens (tertiary/aromatic N) is 1. The summed E-state index contributed by atoms with van der Waals surface area (Å²) in [6.45, 7) is 0. The van der Waals surface area contributed by atoms with Gasteiger partial charge >= 0.3 is 0 Å². The summed E-state index contributed by atoms with van der Waals surface area (Å²) in [5.74, 6) is -0.542. The lowest BCUT2D eigenvalue weighted by Crippen LogP contribution is -2.15. The largest absolute Gasteiger partial charge is 0.396 e. The van der Waals surface area contributed by atoms with Crippen LogP contribution in [-0.4, -0.2) is 10.9 Å². The van der Waals surface area contributed by atoms with E-state index in [2.05, 4.69) is 4.98 Å². The van der Waals surface area contributed by atoms with Crippen molar-refractivity contribution in [3.8, 4) is 11.3 Å². The molecule has 0 aliphatic rings. The number of carbonyl (C=O) groups is 1. The zero-order valence-corrected chi connectivity index (χ0v) is 11.0. The molecule has 0 fully saturated rings. The van der Waals surface area contributed by atoms with E-state index in [0.29, 0.717) is 20.6 Å². The number of nitrogen functional groups attached to an aromatic ring is 1. The summed E-state index contributed by atoms with van der Waals surface area (Å²) >= 11 is 2.03. The summed E-state index contributed by atoms with van der Waals surface area (Å²) in [7, 11) is 0. The zero-order valence-electron chi connectivity index (χ0n) is 8.85. The summed E-state index contributed by atoms with van der Waals surface area (Å²) in [6.07, 6.45) is 0. The molecule has 1 aromatic carbocycles. The van der Waals surface area contributed by atoms with Crippen LogP contribution in [0.25, 0.3) is 11.3 Å². The van der Waals surface area contributed by atoms with E-state index in [-0.39, 0.29) is 0 Å². The van der Waals surface area contributed by atoms with Gasteiger partial charge in [0.05, 0.1) is 16.9 Å². The lowest BCUT2D eigenvalue weighted by Gasteiger charge is -2.09. The number of anilines is 1. The fraction of sp³-hybridized carbons (Fsp3) is 0. The van der Waals surface area contributed by atoms with E-state index in [1.54, 1.807) is 6.07 Å². The third-order valence-electron chi connectivity index (χ3n) is 2.34. The maximum atomic E-state index is 11.3. The van der Waals surface area contributed by atoms with Gasteiger partial charge in [0.1, 0.15) is 3.70 Å². The second-order valence-electron chi connectivity index (χ2n) is 3.49. The Bertz CT molecular complexity index is 569. The highest BCUT2D eigenvalue weighted by atomic mass is 127. The van der Waals surface area contributed by atoms with Gasteiger partial charge in [0.2, 0.25) is 0 Å². The molecule has 5 heteroatoms. The smallest absolute Gasteiger partial charge is 0.250 e. The zero-order chi connectivity index (χ0) is 12.4. The molecule has 0 radical (unpaired) electrons. The Hall–Kier alpha value is -1.63. The standard InChI is InChI=1S/C12H10IN3O/c13-9-6-8(12(15)17)10(14)11(16-9)7-4-2-1-3-5-7/h1-6H,14H2,(H2,15,17). The van der Waals surface area contributed by atoms with Crippen molar-refractivity contribution < 1.29 is 4.79 Å². The Morgan fingerprint density at radius 2 is 1.88 bits per heavy atom. The Kier molecular flexibility index (Phi) is 3.28. The number of primary amides is 1. The van der Waals surface area contributed by atoms with Gasteiger partial charge in [-0.15, -0.1) is 0 Å². The van der Waals surface area contributed by atoms with Gasteiger partial charge in [0.25, 0.3) is 5.91 Å². The molecular formula is C12H10IN3O. The highest BCUT2D eigenvalue weighted by Crippen LogP contribution is 2.27. The number of rotatable bonds is 2. The molecule has 0 bridgehead atoms. The SMILES string of the molecule is NC(=O)c1cc(I)nc(-c2ccccc2)c1N. The Morgan fingerprint density at radius 3 is 2.47 bits per heavy atom. The molecule has 1 amide bonds. The normalized spacial score (nSPS) is 10.2. The van der Waals surface area contributed by atoms with Crippen LogP contribution in [-0.2, 0) is 0 Å². The second kappa shape index (κ2) is 4.70. The first kappa shape index (κ1) is 11.8. The highest BCUT2D eigenvalue weighted by Gasteiger charge is 2.14. The van der Waals surface area contributed by atoms with Crippen LogP contribution in [0.2, 0.25) is 0 Å². The minimum atomic E-state index is -0.542. The Labute approximate surface area is 112 Å². The molecular weight excluding hydrogens is 329 g/mol. The number of aromatic nitrogens is 1. The van der Waals surface area contributed by atoms with Crippen LogP contribution in [0.3, 0.4) is 0 Å². The number of pyridine rings is 1. The molecule has 0 saturated carbocycles. The number of nitrogens with two attached hydrogens (primary N) is 2. The molecule has 0 aliphatic carbocycles. The first-order valence-electron chi connectivity index (χ1n) is 4.91. The maximum absolute atomic E-state index is 11.3. The van der Waals surface area contributed by atoms with Crippen molar-refractivity contribution in [3.63, 3.8) is 0 Å². The van der Waals surface area contributed by atoms with Gasteiger partial charge in [0.15, 0.2) is 0 Å². The number of benzene rings is 1. The van der Waals surface area contributed by atoms with E-state index < -0.39 is 5.91 Å². The van der Waals surface area contributed by atoms with Crippen LogP contribution < -0.4 is 11.5 Å². The fourth-order valence-corrected chi connectivity index (χ4v) is 2.10. The first-order valence-corrected chi connectivity index (χ1v) is 5.98. The Balaban J connectivity index is 2.67. The van der Waals surface area contributed by atoms with Crippen LogP contribution in [0, 0.1) is 3.70 Å². The molecule has 0 atom stereocenters. The molecule has 0 unspecified atom stereocenters. The predicted octanol–water partition coefficient (Wildman–Crippen LogP) is 2.03. The van der Waals surface area contributed by atoms with Gasteiger partial charge in [-0.25, -0.2) is 4.98 Å². The highest BCUT2D eigenvalue weighted by molar-refractivity contribution is 14.1. The van der Waals surface area contributed by atoms with Gasteiger partial charge in [-0.05, 0) is 28.7 Å².